The minimum Gasteiger partial charge on any atom is -0.481 e. The quantitative estimate of drug-likeness (QED) is 0.126. The van der Waals surface area contributed by atoms with Gasteiger partial charge < -0.3 is 30.1 Å². The maximum Gasteiger partial charge on any atom is 0.408 e. The van der Waals surface area contributed by atoms with Gasteiger partial charge in [-0.1, -0.05) is 71.4 Å². The standard InChI is InChI=1S/C39H60N4O8S/c1-12-19-43(35(46)32(25(5)13-2)42-37(49)51-38(7,8)9)30(24(3)4)21-31(50-26(6)44)34-41-29(23-52-34)33(45)40-28(22-39(10,11)36(47)48)20-27-17-15-14-16-18-27/h14-18,23-25,28,30-32H,12-13,19-22H2,1-11H3,(H,40,45)(H,42,49)(H,47,48)/t25-,28-,30+,31+,32-/m0/s1. The summed E-state index contributed by atoms with van der Waals surface area (Å²) >= 11 is 1.17. The van der Waals surface area contributed by atoms with Gasteiger partial charge in [0.1, 0.15) is 22.3 Å². The number of hydrogen-bond acceptors (Lipinski definition) is 9. The topological polar surface area (TPSA) is 164 Å². The Morgan fingerprint density at radius 3 is 2.13 bits per heavy atom. The zero-order valence-corrected chi connectivity index (χ0v) is 33.6. The van der Waals surface area contributed by atoms with Crippen LogP contribution in [-0.2, 0) is 30.3 Å². The number of thiazole rings is 1. The van der Waals surface area contributed by atoms with Crippen LogP contribution in [0.3, 0.4) is 0 Å². The molecular weight excluding hydrogens is 685 g/mol. The zero-order chi connectivity index (χ0) is 39.4. The second kappa shape index (κ2) is 19.7. The van der Waals surface area contributed by atoms with Crippen LogP contribution in [0.2, 0.25) is 0 Å². The van der Waals surface area contributed by atoms with Gasteiger partial charge in [-0.05, 0) is 71.3 Å². The first-order chi connectivity index (χ1) is 24.2. The van der Waals surface area contributed by atoms with E-state index in [1.807, 2.05) is 65.0 Å². The number of amides is 3. The van der Waals surface area contributed by atoms with E-state index in [0.29, 0.717) is 30.8 Å². The van der Waals surface area contributed by atoms with Crippen molar-refractivity contribution in [1.29, 1.82) is 0 Å². The van der Waals surface area contributed by atoms with Crippen molar-refractivity contribution < 1.29 is 38.6 Å². The number of aromatic nitrogens is 1. The molecule has 2 aromatic rings. The summed E-state index contributed by atoms with van der Waals surface area (Å²) in [6, 6.07) is 7.76. The Kier molecular flexibility index (Phi) is 16.8. The van der Waals surface area contributed by atoms with Crippen LogP contribution >= 0.6 is 11.3 Å². The second-order valence-electron chi connectivity index (χ2n) is 15.5. The number of carbonyl (C=O) groups excluding carboxylic acids is 4. The number of esters is 1. The van der Waals surface area contributed by atoms with Crippen molar-refractivity contribution in [3.8, 4) is 0 Å². The molecule has 0 aliphatic rings. The monoisotopic (exact) mass is 744 g/mol. The molecule has 12 nitrogen and oxygen atoms in total. The molecule has 0 fully saturated rings. The lowest BCUT2D eigenvalue weighted by molar-refractivity contribution is -0.149. The molecule has 52 heavy (non-hydrogen) atoms. The Bertz CT molecular complexity index is 1490. The molecule has 0 saturated heterocycles. The summed E-state index contributed by atoms with van der Waals surface area (Å²) in [6.45, 7) is 20.0. The van der Waals surface area contributed by atoms with E-state index >= 15 is 0 Å². The number of nitrogens with zero attached hydrogens (tertiary/aromatic N) is 2. The van der Waals surface area contributed by atoms with E-state index in [4.69, 9.17) is 9.47 Å². The van der Waals surface area contributed by atoms with E-state index in [1.165, 1.54) is 18.3 Å². The van der Waals surface area contributed by atoms with Gasteiger partial charge in [0, 0.05) is 37.4 Å². The fraction of sp³-hybridized carbons (Fsp3) is 0.641. The molecule has 5 atom stereocenters. The van der Waals surface area contributed by atoms with Crippen molar-refractivity contribution in [3.05, 3.63) is 52.0 Å². The Hall–Kier alpha value is -4.00. The molecule has 1 aromatic heterocycles. The number of carboxylic acid groups (broad SMARTS) is 1. The van der Waals surface area contributed by atoms with Crippen molar-refractivity contribution in [2.45, 2.75) is 138 Å². The number of hydrogen-bond donors (Lipinski definition) is 3. The molecule has 0 aliphatic carbocycles. The fourth-order valence-electron chi connectivity index (χ4n) is 5.93. The Balaban J connectivity index is 2.42. The molecule has 0 saturated carbocycles. The third-order valence-corrected chi connectivity index (χ3v) is 9.80. The smallest absolute Gasteiger partial charge is 0.408 e. The highest BCUT2D eigenvalue weighted by Gasteiger charge is 2.38. The summed E-state index contributed by atoms with van der Waals surface area (Å²) in [6.07, 6.45) is 0.571. The average molecular weight is 745 g/mol. The van der Waals surface area contributed by atoms with Gasteiger partial charge in [0.15, 0.2) is 6.10 Å². The minimum atomic E-state index is -1.09. The highest BCUT2D eigenvalue weighted by Crippen LogP contribution is 2.32. The van der Waals surface area contributed by atoms with E-state index in [9.17, 15) is 29.1 Å². The molecule has 1 aromatic carbocycles. The summed E-state index contributed by atoms with van der Waals surface area (Å²) in [5.41, 5.74) is -0.769. The third-order valence-electron chi connectivity index (χ3n) is 8.86. The Morgan fingerprint density at radius 2 is 1.62 bits per heavy atom. The highest BCUT2D eigenvalue weighted by molar-refractivity contribution is 7.09. The van der Waals surface area contributed by atoms with Crippen molar-refractivity contribution >= 4 is 41.2 Å². The molecular formula is C39H60N4O8S. The van der Waals surface area contributed by atoms with Gasteiger partial charge >= 0.3 is 18.0 Å². The molecule has 3 amide bonds. The molecule has 1 heterocycles. The van der Waals surface area contributed by atoms with Gasteiger partial charge in [0.25, 0.3) is 5.91 Å². The van der Waals surface area contributed by atoms with Gasteiger partial charge in [-0.3, -0.25) is 19.2 Å². The number of nitrogens with one attached hydrogen (secondary N) is 2. The Labute approximate surface area is 313 Å². The predicted molar refractivity (Wildman–Crippen MR) is 202 cm³/mol. The van der Waals surface area contributed by atoms with Gasteiger partial charge in [-0.25, -0.2) is 9.78 Å². The molecule has 290 valence electrons. The number of carboxylic acids is 1. The number of benzene rings is 1. The van der Waals surface area contributed by atoms with Crippen LogP contribution < -0.4 is 10.6 Å². The molecule has 2 rings (SSSR count). The van der Waals surface area contributed by atoms with Gasteiger partial charge in [-0.15, -0.1) is 11.3 Å². The normalized spacial score (nSPS) is 14.8. The lowest BCUT2D eigenvalue weighted by atomic mass is 9.84. The summed E-state index contributed by atoms with van der Waals surface area (Å²) in [5.74, 6) is -2.50. The van der Waals surface area contributed by atoms with E-state index in [0.717, 1.165) is 5.56 Å². The Morgan fingerprint density at radius 1 is 0.981 bits per heavy atom. The predicted octanol–water partition coefficient (Wildman–Crippen LogP) is 7.18. The molecule has 0 aliphatic heterocycles. The molecule has 3 N–H and O–H groups in total. The van der Waals surface area contributed by atoms with Gasteiger partial charge in [0.2, 0.25) is 5.91 Å². The number of aliphatic carboxylic acids is 1. The summed E-state index contributed by atoms with van der Waals surface area (Å²) in [7, 11) is 0. The maximum absolute atomic E-state index is 14.3. The van der Waals surface area contributed by atoms with Gasteiger partial charge in [-0.2, -0.15) is 0 Å². The zero-order valence-electron chi connectivity index (χ0n) is 32.8. The van der Waals surface area contributed by atoms with Crippen molar-refractivity contribution in [2.75, 3.05) is 6.54 Å². The summed E-state index contributed by atoms with van der Waals surface area (Å²) < 4.78 is 11.3. The summed E-state index contributed by atoms with van der Waals surface area (Å²) in [5, 5.41) is 17.6. The summed E-state index contributed by atoms with van der Waals surface area (Å²) in [4.78, 5) is 71.5. The highest BCUT2D eigenvalue weighted by atomic mass is 32.1. The fourth-order valence-corrected chi connectivity index (χ4v) is 6.77. The van der Waals surface area contributed by atoms with Crippen LogP contribution in [0.25, 0.3) is 0 Å². The van der Waals surface area contributed by atoms with Crippen molar-refractivity contribution in [1.82, 2.24) is 20.5 Å². The first-order valence-corrected chi connectivity index (χ1v) is 19.1. The van der Waals surface area contributed by atoms with Crippen LogP contribution in [0.1, 0.15) is 129 Å². The van der Waals surface area contributed by atoms with E-state index in [-0.39, 0.29) is 36.3 Å². The van der Waals surface area contributed by atoms with Crippen LogP contribution in [0.15, 0.2) is 35.7 Å². The van der Waals surface area contributed by atoms with E-state index in [2.05, 4.69) is 15.6 Å². The average Bonchev–Trinajstić information content (AvgIpc) is 3.54. The number of ether oxygens (including phenoxy) is 2. The van der Waals surface area contributed by atoms with E-state index in [1.54, 1.807) is 44.9 Å². The van der Waals surface area contributed by atoms with Crippen molar-refractivity contribution in [2.24, 2.45) is 17.3 Å². The first-order valence-electron chi connectivity index (χ1n) is 18.2. The van der Waals surface area contributed by atoms with E-state index < -0.39 is 59.2 Å². The first kappa shape index (κ1) is 44.2. The number of rotatable bonds is 19. The molecule has 0 bridgehead atoms. The number of carbonyl (C=O) groups is 5. The van der Waals surface area contributed by atoms with Crippen LogP contribution in [0.4, 0.5) is 4.79 Å². The van der Waals surface area contributed by atoms with Crippen LogP contribution in [0.5, 0.6) is 0 Å². The lowest BCUT2D eigenvalue weighted by Crippen LogP contribution is -2.56. The molecule has 13 heteroatoms. The molecule has 0 radical (unpaired) electrons. The van der Waals surface area contributed by atoms with Crippen molar-refractivity contribution in [3.63, 3.8) is 0 Å². The second-order valence-corrected chi connectivity index (χ2v) is 16.4. The van der Waals surface area contributed by atoms with Crippen LogP contribution in [0, 0.1) is 17.3 Å². The lowest BCUT2D eigenvalue weighted by Gasteiger charge is -2.39. The number of alkyl carbamates (subject to hydrolysis) is 1. The largest absolute Gasteiger partial charge is 0.481 e. The van der Waals surface area contributed by atoms with Crippen LogP contribution in [-0.4, -0.2) is 75.1 Å². The molecule has 0 spiro atoms. The maximum atomic E-state index is 14.3. The molecule has 0 unspecified atom stereocenters. The SMILES string of the molecule is CCCN(C(=O)[C@@H](NC(=O)OC(C)(C)C)[C@@H](C)CC)[C@H](C[C@@H](OC(C)=O)c1nc(C(=O)N[C@@H](Cc2ccccc2)CC(C)(C)C(=O)O)cs1)C(C)C. The van der Waals surface area contributed by atoms with Gasteiger partial charge in [0.05, 0.1) is 5.41 Å². The minimum absolute atomic E-state index is 0.0771. The third kappa shape index (κ3) is 13.9.